The van der Waals surface area contributed by atoms with Crippen LogP contribution in [0.5, 0.6) is 11.5 Å². The molecule has 0 amide bonds. The number of thiophene rings is 1. The Morgan fingerprint density at radius 3 is 2.57 bits per heavy atom. The first-order chi connectivity index (χ1) is 21.1. The highest BCUT2D eigenvalue weighted by atomic mass is 32.1. The lowest BCUT2D eigenvalue weighted by atomic mass is 10.0. The first kappa shape index (κ1) is 31.2. The smallest absolute Gasteiger partial charge is 0.416 e. The van der Waals surface area contributed by atoms with E-state index in [1.54, 1.807) is 19.4 Å². The van der Waals surface area contributed by atoms with Gasteiger partial charge in [-0.2, -0.15) is 13.2 Å². The number of hydrogen-bond acceptors (Lipinski definition) is 7. The summed E-state index contributed by atoms with van der Waals surface area (Å²) in [6.45, 7) is 1.87. The summed E-state index contributed by atoms with van der Waals surface area (Å²) in [5.74, 6) is -1.93. The van der Waals surface area contributed by atoms with Crippen molar-refractivity contribution in [2.75, 3.05) is 20.3 Å². The molecule has 0 atom stereocenters. The lowest BCUT2D eigenvalue weighted by Gasteiger charge is -2.10. The molecule has 12 heteroatoms. The number of pyridine rings is 2. The average molecular weight is 628 g/mol. The van der Waals surface area contributed by atoms with Crippen molar-refractivity contribution in [2.45, 2.75) is 25.6 Å². The van der Waals surface area contributed by atoms with E-state index in [4.69, 9.17) is 14.5 Å². The number of hydrogen-bond donors (Lipinski definition) is 1. The SMILES string of the molecule is COCCNCc1cccc(-c2cc3nccc(Oc4ccc(CC(=O)Cc5cc(C(F)(F)F)ccc5F)cc4F)c3s2)n1. The van der Waals surface area contributed by atoms with Crippen LogP contribution in [0.25, 0.3) is 20.8 Å². The molecule has 5 aromatic rings. The highest BCUT2D eigenvalue weighted by Crippen LogP contribution is 2.39. The normalized spacial score (nSPS) is 11.7. The molecule has 0 unspecified atom stereocenters. The van der Waals surface area contributed by atoms with E-state index in [0.29, 0.717) is 53.9 Å². The number of nitrogens with one attached hydrogen (secondary N) is 1. The standard InChI is InChI=1S/C32H26F5N3O3S/c1-42-12-11-38-18-22-3-2-4-26(40-22)30-17-27-31(44-30)29(9-10-39-27)43-28-8-5-19(14-25(28)34)13-23(41)16-20-15-21(32(35,36)37)6-7-24(20)33/h2-10,14-15,17,38H,11-13,16,18H2,1H3. The number of ether oxygens (including phenoxy) is 2. The van der Waals surface area contributed by atoms with Crippen LogP contribution < -0.4 is 10.1 Å². The van der Waals surface area contributed by atoms with Gasteiger partial charge in [0.1, 0.15) is 17.3 Å². The van der Waals surface area contributed by atoms with Gasteiger partial charge in [-0.3, -0.25) is 14.8 Å². The second kappa shape index (κ2) is 13.6. The van der Waals surface area contributed by atoms with Crippen molar-refractivity contribution < 1.29 is 36.2 Å². The molecule has 3 aromatic heterocycles. The topological polar surface area (TPSA) is 73.3 Å². The van der Waals surface area contributed by atoms with Crippen LogP contribution in [0.15, 0.2) is 72.9 Å². The number of fused-ring (bicyclic) bond motifs is 1. The van der Waals surface area contributed by atoms with Crippen LogP contribution in [0, 0.1) is 11.6 Å². The minimum Gasteiger partial charge on any atom is -0.453 e. The fraction of sp³-hybridized carbons (Fsp3) is 0.219. The number of methoxy groups -OCH3 is 1. The fourth-order valence-electron chi connectivity index (χ4n) is 4.47. The van der Waals surface area contributed by atoms with Crippen LogP contribution in [-0.4, -0.2) is 36.0 Å². The maximum Gasteiger partial charge on any atom is 0.416 e. The minimum absolute atomic E-state index is 0.0881. The lowest BCUT2D eigenvalue weighted by Crippen LogP contribution is -2.19. The Morgan fingerprint density at radius 2 is 1.80 bits per heavy atom. The zero-order valence-corrected chi connectivity index (χ0v) is 24.2. The molecular weight excluding hydrogens is 601 g/mol. The quantitative estimate of drug-likeness (QED) is 0.114. The van der Waals surface area contributed by atoms with Crippen molar-refractivity contribution >= 4 is 27.3 Å². The number of halogens is 5. The molecule has 0 aliphatic heterocycles. The predicted octanol–water partition coefficient (Wildman–Crippen LogP) is 7.54. The van der Waals surface area contributed by atoms with Crippen molar-refractivity contribution in [3.8, 4) is 22.1 Å². The molecule has 0 radical (unpaired) electrons. The fourth-order valence-corrected chi connectivity index (χ4v) is 5.51. The Hall–Kier alpha value is -4.26. The number of aromatic nitrogens is 2. The first-order valence-electron chi connectivity index (χ1n) is 13.5. The first-order valence-corrected chi connectivity index (χ1v) is 14.3. The Morgan fingerprint density at radius 1 is 0.955 bits per heavy atom. The molecule has 0 saturated heterocycles. The molecule has 1 N–H and O–H groups in total. The summed E-state index contributed by atoms with van der Waals surface area (Å²) in [5.41, 5.74) is 1.12. The molecule has 0 saturated carbocycles. The molecule has 0 aliphatic rings. The Labute approximate surface area is 253 Å². The van der Waals surface area contributed by atoms with E-state index < -0.39 is 35.6 Å². The van der Waals surface area contributed by atoms with E-state index in [1.807, 2.05) is 24.3 Å². The molecule has 0 aliphatic carbocycles. The third-order valence-corrected chi connectivity index (χ3v) is 7.76. The average Bonchev–Trinajstić information content (AvgIpc) is 3.43. The molecular formula is C32H26F5N3O3S. The summed E-state index contributed by atoms with van der Waals surface area (Å²) in [7, 11) is 1.64. The van der Waals surface area contributed by atoms with Crippen molar-refractivity contribution in [3.05, 3.63) is 107 Å². The van der Waals surface area contributed by atoms with Gasteiger partial charge in [0, 0.05) is 45.3 Å². The van der Waals surface area contributed by atoms with Gasteiger partial charge in [-0.15, -0.1) is 11.3 Å². The summed E-state index contributed by atoms with van der Waals surface area (Å²) in [4.78, 5) is 22.5. The van der Waals surface area contributed by atoms with Gasteiger partial charge in [0.05, 0.1) is 38.7 Å². The molecule has 6 nitrogen and oxygen atoms in total. The third-order valence-electron chi connectivity index (χ3n) is 6.60. The summed E-state index contributed by atoms with van der Waals surface area (Å²) in [6.07, 6.45) is -3.98. The van der Waals surface area contributed by atoms with Gasteiger partial charge in [0.2, 0.25) is 0 Å². The molecule has 228 valence electrons. The zero-order valence-electron chi connectivity index (χ0n) is 23.4. The van der Waals surface area contributed by atoms with E-state index in [-0.39, 0.29) is 23.3 Å². The van der Waals surface area contributed by atoms with Crippen LogP contribution in [0.3, 0.4) is 0 Å². The second-order valence-electron chi connectivity index (χ2n) is 9.88. The lowest BCUT2D eigenvalue weighted by molar-refractivity contribution is -0.137. The van der Waals surface area contributed by atoms with Crippen molar-refractivity contribution in [3.63, 3.8) is 0 Å². The van der Waals surface area contributed by atoms with Crippen LogP contribution in [0.4, 0.5) is 22.0 Å². The maximum absolute atomic E-state index is 15.1. The predicted molar refractivity (Wildman–Crippen MR) is 157 cm³/mol. The van der Waals surface area contributed by atoms with E-state index >= 15 is 4.39 Å². The number of nitrogens with zero attached hydrogens (tertiary/aromatic N) is 2. The van der Waals surface area contributed by atoms with Crippen molar-refractivity contribution in [2.24, 2.45) is 0 Å². The number of carbonyl (C=O) groups excluding carboxylic acids is 1. The number of carbonyl (C=O) groups is 1. The number of benzene rings is 2. The van der Waals surface area contributed by atoms with Gasteiger partial charge in [-0.25, -0.2) is 8.78 Å². The third kappa shape index (κ3) is 7.62. The number of ketones is 1. The van der Waals surface area contributed by atoms with Gasteiger partial charge in [-0.05, 0) is 59.7 Å². The number of rotatable bonds is 12. The van der Waals surface area contributed by atoms with Crippen LogP contribution in [0.1, 0.15) is 22.4 Å². The molecule has 5 rings (SSSR count). The van der Waals surface area contributed by atoms with E-state index in [1.165, 1.54) is 23.5 Å². The van der Waals surface area contributed by atoms with E-state index in [2.05, 4.69) is 10.3 Å². The number of Topliss-reactive ketones (excluding diaryl/α,β-unsaturated/α-hetero) is 1. The van der Waals surface area contributed by atoms with E-state index in [0.717, 1.165) is 22.3 Å². The molecule has 44 heavy (non-hydrogen) atoms. The van der Waals surface area contributed by atoms with Crippen LogP contribution >= 0.6 is 11.3 Å². The molecule has 3 heterocycles. The van der Waals surface area contributed by atoms with Crippen molar-refractivity contribution in [1.82, 2.24) is 15.3 Å². The second-order valence-corrected chi connectivity index (χ2v) is 10.9. The highest BCUT2D eigenvalue weighted by Gasteiger charge is 2.31. The van der Waals surface area contributed by atoms with Gasteiger partial charge in [0.25, 0.3) is 0 Å². The summed E-state index contributed by atoms with van der Waals surface area (Å²) < 4.78 is 79.7. The van der Waals surface area contributed by atoms with Crippen LogP contribution in [0.2, 0.25) is 0 Å². The van der Waals surface area contributed by atoms with Gasteiger partial charge in [0.15, 0.2) is 11.6 Å². The Bertz CT molecular complexity index is 1790. The van der Waals surface area contributed by atoms with Gasteiger partial charge in [-0.1, -0.05) is 12.1 Å². The largest absolute Gasteiger partial charge is 0.453 e. The molecule has 0 spiro atoms. The minimum atomic E-state index is -4.67. The Balaban J connectivity index is 1.28. The van der Waals surface area contributed by atoms with Gasteiger partial charge >= 0.3 is 6.18 Å². The summed E-state index contributed by atoms with van der Waals surface area (Å²) >= 11 is 1.40. The monoisotopic (exact) mass is 627 g/mol. The summed E-state index contributed by atoms with van der Waals surface area (Å²) in [6, 6.07) is 15.1. The Kier molecular flexibility index (Phi) is 9.62. The number of alkyl halides is 3. The summed E-state index contributed by atoms with van der Waals surface area (Å²) in [5, 5.41) is 3.26. The van der Waals surface area contributed by atoms with Gasteiger partial charge < -0.3 is 14.8 Å². The molecule has 0 fully saturated rings. The van der Waals surface area contributed by atoms with Crippen molar-refractivity contribution in [1.29, 1.82) is 0 Å². The highest BCUT2D eigenvalue weighted by molar-refractivity contribution is 7.22. The van der Waals surface area contributed by atoms with E-state index in [9.17, 15) is 22.4 Å². The zero-order chi connectivity index (χ0) is 31.3. The van der Waals surface area contributed by atoms with Crippen LogP contribution in [-0.2, 0) is 35.1 Å². The maximum atomic E-state index is 15.1. The molecule has 0 bridgehead atoms. The molecule has 2 aromatic carbocycles.